The molecular formula is C17H30N2S. The van der Waals surface area contributed by atoms with Crippen LogP contribution in [0.15, 0.2) is 0 Å². The summed E-state index contributed by atoms with van der Waals surface area (Å²) in [6, 6.07) is 0.986. The maximum atomic E-state index is 4.90. The van der Waals surface area contributed by atoms with Crippen LogP contribution in [0.2, 0.25) is 0 Å². The van der Waals surface area contributed by atoms with Gasteiger partial charge in [-0.15, -0.1) is 11.3 Å². The summed E-state index contributed by atoms with van der Waals surface area (Å²) in [5.74, 6) is 0.897. The second-order valence-corrected chi connectivity index (χ2v) is 7.76. The fraction of sp³-hybridized carbons (Fsp3) is 0.824. The number of thiazole rings is 1. The molecule has 0 saturated heterocycles. The van der Waals surface area contributed by atoms with Gasteiger partial charge in [0.2, 0.25) is 0 Å². The topological polar surface area (TPSA) is 24.9 Å². The molecule has 1 aromatic rings. The predicted molar refractivity (Wildman–Crippen MR) is 88.4 cm³/mol. The van der Waals surface area contributed by atoms with Crippen LogP contribution in [0.5, 0.6) is 0 Å². The van der Waals surface area contributed by atoms with Crippen molar-refractivity contribution in [3.05, 3.63) is 15.6 Å². The molecule has 20 heavy (non-hydrogen) atoms. The minimum Gasteiger partial charge on any atom is -0.306 e. The lowest BCUT2D eigenvalue weighted by atomic mass is 9.85. The lowest BCUT2D eigenvalue weighted by Crippen LogP contribution is -2.30. The van der Waals surface area contributed by atoms with Gasteiger partial charge in [0.1, 0.15) is 5.01 Å². The Morgan fingerprint density at radius 3 is 2.50 bits per heavy atom. The third-order valence-electron chi connectivity index (χ3n) is 4.37. The zero-order valence-corrected chi connectivity index (χ0v) is 14.4. The van der Waals surface area contributed by atoms with Crippen LogP contribution in [-0.4, -0.2) is 11.0 Å². The Morgan fingerprint density at radius 1 is 1.25 bits per heavy atom. The van der Waals surface area contributed by atoms with E-state index < -0.39 is 0 Å². The highest BCUT2D eigenvalue weighted by molar-refractivity contribution is 7.11. The Hall–Kier alpha value is -0.410. The zero-order valence-electron chi connectivity index (χ0n) is 13.5. The summed E-state index contributed by atoms with van der Waals surface area (Å²) in [5, 5.41) is 5.07. The standard InChI is InChI=1S/C17H30N2S/c1-5-15-13(4)20-17(19-15)16(18-12(2)3)11-14-9-7-6-8-10-14/h12,14,16,18H,5-11H2,1-4H3. The summed E-state index contributed by atoms with van der Waals surface area (Å²) < 4.78 is 0. The molecule has 1 N–H and O–H groups in total. The lowest BCUT2D eigenvalue weighted by molar-refractivity contribution is 0.292. The van der Waals surface area contributed by atoms with E-state index in [2.05, 4.69) is 33.0 Å². The second kappa shape index (κ2) is 7.56. The van der Waals surface area contributed by atoms with Crippen LogP contribution in [0, 0.1) is 12.8 Å². The average molecular weight is 295 g/mol. The van der Waals surface area contributed by atoms with E-state index in [1.54, 1.807) is 0 Å². The van der Waals surface area contributed by atoms with Crippen LogP contribution in [-0.2, 0) is 6.42 Å². The molecule has 2 nitrogen and oxygen atoms in total. The molecule has 1 aliphatic carbocycles. The first kappa shape index (κ1) is 16.0. The molecule has 1 saturated carbocycles. The third-order valence-corrected chi connectivity index (χ3v) is 5.50. The van der Waals surface area contributed by atoms with Gasteiger partial charge < -0.3 is 5.32 Å². The highest BCUT2D eigenvalue weighted by Crippen LogP contribution is 2.34. The Morgan fingerprint density at radius 2 is 1.95 bits per heavy atom. The Bertz CT molecular complexity index is 405. The summed E-state index contributed by atoms with van der Waals surface area (Å²) in [7, 11) is 0. The molecule has 2 rings (SSSR count). The molecule has 1 unspecified atom stereocenters. The fourth-order valence-corrected chi connectivity index (χ4v) is 4.41. The van der Waals surface area contributed by atoms with E-state index in [-0.39, 0.29) is 0 Å². The van der Waals surface area contributed by atoms with Crippen molar-refractivity contribution in [3.63, 3.8) is 0 Å². The molecule has 1 atom stereocenters. The predicted octanol–water partition coefficient (Wildman–Crippen LogP) is 5.02. The molecule has 0 bridgehead atoms. The van der Waals surface area contributed by atoms with Gasteiger partial charge in [-0.1, -0.05) is 52.9 Å². The summed E-state index contributed by atoms with van der Waals surface area (Å²) in [5.41, 5.74) is 1.30. The fourth-order valence-electron chi connectivity index (χ4n) is 3.33. The Kier molecular flexibility index (Phi) is 6.03. The molecule has 0 spiro atoms. The van der Waals surface area contributed by atoms with Crippen molar-refractivity contribution in [2.45, 2.75) is 84.7 Å². The van der Waals surface area contributed by atoms with E-state index in [9.17, 15) is 0 Å². The van der Waals surface area contributed by atoms with Crippen molar-refractivity contribution < 1.29 is 0 Å². The van der Waals surface area contributed by atoms with Crippen molar-refractivity contribution in [3.8, 4) is 0 Å². The first-order valence-electron chi connectivity index (χ1n) is 8.32. The number of aromatic nitrogens is 1. The second-order valence-electron chi connectivity index (χ2n) is 6.52. The molecular weight excluding hydrogens is 264 g/mol. The SMILES string of the molecule is CCc1nc(C(CC2CCCCC2)NC(C)C)sc1C. The normalized spacial score (nSPS) is 18.6. The van der Waals surface area contributed by atoms with E-state index in [4.69, 9.17) is 4.98 Å². The average Bonchev–Trinajstić information content (AvgIpc) is 2.80. The maximum Gasteiger partial charge on any atom is 0.110 e. The summed E-state index contributed by atoms with van der Waals surface area (Å²) >= 11 is 1.90. The monoisotopic (exact) mass is 294 g/mol. The molecule has 1 heterocycles. The quantitative estimate of drug-likeness (QED) is 0.796. The van der Waals surface area contributed by atoms with E-state index >= 15 is 0 Å². The van der Waals surface area contributed by atoms with E-state index in [1.807, 2.05) is 11.3 Å². The van der Waals surface area contributed by atoms with Crippen molar-refractivity contribution >= 4 is 11.3 Å². The number of aryl methyl sites for hydroxylation is 2. The molecule has 0 radical (unpaired) electrons. The van der Waals surface area contributed by atoms with Crippen LogP contribution < -0.4 is 5.32 Å². The van der Waals surface area contributed by atoms with Gasteiger partial charge in [0.25, 0.3) is 0 Å². The first-order valence-corrected chi connectivity index (χ1v) is 9.14. The van der Waals surface area contributed by atoms with Gasteiger partial charge in [-0.25, -0.2) is 4.98 Å². The van der Waals surface area contributed by atoms with E-state index in [0.717, 1.165) is 12.3 Å². The maximum absolute atomic E-state index is 4.90. The number of nitrogens with zero attached hydrogens (tertiary/aromatic N) is 1. The first-order chi connectivity index (χ1) is 9.60. The molecule has 0 aliphatic heterocycles. The number of hydrogen-bond acceptors (Lipinski definition) is 3. The minimum absolute atomic E-state index is 0.460. The number of nitrogens with one attached hydrogen (secondary N) is 1. The van der Waals surface area contributed by atoms with Crippen molar-refractivity contribution in [2.75, 3.05) is 0 Å². The Balaban J connectivity index is 2.08. The number of rotatable bonds is 6. The molecule has 3 heteroatoms. The van der Waals surface area contributed by atoms with Gasteiger partial charge in [0, 0.05) is 10.9 Å². The highest BCUT2D eigenvalue weighted by Gasteiger charge is 2.23. The smallest absolute Gasteiger partial charge is 0.110 e. The molecule has 1 aliphatic rings. The van der Waals surface area contributed by atoms with Gasteiger partial charge in [0.05, 0.1) is 11.7 Å². The third kappa shape index (κ3) is 4.29. The Labute approximate surface area is 128 Å². The summed E-state index contributed by atoms with van der Waals surface area (Å²) in [6.07, 6.45) is 9.46. The largest absolute Gasteiger partial charge is 0.306 e. The zero-order chi connectivity index (χ0) is 14.5. The summed E-state index contributed by atoms with van der Waals surface area (Å²) in [6.45, 7) is 8.91. The van der Waals surface area contributed by atoms with Crippen molar-refractivity contribution in [2.24, 2.45) is 5.92 Å². The van der Waals surface area contributed by atoms with Gasteiger partial charge in [-0.05, 0) is 25.7 Å². The van der Waals surface area contributed by atoms with E-state index in [0.29, 0.717) is 12.1 Å². The van der Waals surface area contributed by atoms with Crippen molar-refractivity contribution in [1.29, 1.82) is 0 Å². The van der Waals surface area contributed by atoms with Gasteiger partial charge >= 0.3 is 0 Å². The van der Waals surface area contributed by atoms with Crippen LogP contribution >= 0.6 is 11.3 Å². The highest BCUT2D eigenvalue weighted by atomic mass is 32.1. The van der Waals surface area contributed by atoms with Crippen LogP contribution in [0.1, 0.15) is 80.9 Å². The van der Waals surface area contributed by atoms with Crippen LogP contribution in [0.25, 0.3) is 0 Å². The van der Waals surface area contributed by atoms with Gasteiger partial charge in [-0.3, -0.25) is 0 Å². The van der Waals surface area contributed by atoms with Crippen molar-refractivity contribution in [1.82, 2.24) is 10.3 Å². The molecule has 0 aromatic carbocycles. The molecule has 0 amide bonds. The van der Waals surface area contributed by atoms with Crippen LogP contribution in [0.3, 0.4) is 0 Å². The summed E-state index contributed by atoms with van der Waals surface area (Å²) in [4.78, 5) is 6.31. The molecule has 1 aromatic heterocycles. The van der Waals surface area contributed by atoms with E-state index in [1.165, 1.54) is 54.1 Å². The van der Waals surface area contributed by atoms with Crippen LogP contribution in [0.4, 0.5) is 0 Å². The van der Waals surface area contributed by atoms with Gasteiger partial charge in [-0.2, -0.15) is 0 Å². The molecule has 1 fully saturated rings. The lowest BCUT2D eigenvalue weighted by Gasteiger charge is -2.27. The molecule has 114 valence electrons. The van der Waals surface area contributed by atoms with Gasteiger partial charge in [0.15, 0.2) is 0 Å². The minimum atomic E-state index is 0.460. The number of hydrogen-bond donors (Lipinski definition) is 1.